The molecule has 140 valence electrons. The molecule has 0 aliphatic carbocycles. The van der Waals surface area contributed by atoms with Crippen LogP contribution in [0.1, 0.15) is 5.56 Å². The van der Waals surface area contributed by atoms with Crippen LogP contribution in [-0.2, 0) is 11.3 Å². The number of hydrogen-bond acceptors (Lipinski definition) is 6. The van der Waals surface area contributed by atoms with Crippen molar-refractivity contribution < 1.29 is 23.5 Å². The maximum atomic E-state index is 14.9. The monoisotopic (exact) mass is 372 g/mol. The van der Waals surface area contributed by atoms with Crippen molar-refractivity contribution in [3.63, 3.8) is 0 Å². The van der Waals surface area contributed by atoms with Crippen LogP contribution in [0.25, 0.3) is 22.2 Å². The molecule has 0 fully saturated rings. The quantitative estimate of drug-likeness (QED) is 0.478. The van der Waals surface area contributed by atoms with Gasteiger partial charge >= 0.3 is 0 Å². The van der Waals surface area contributed by atoms with E-state index in [4.69, 9.17) is 14.2 Å². The van der Waals surface area contributed by atoms with E-state index in [0.717, 1.165) is 11.6 Å². The smallest absolute Gasteiger partial charge is 0.278 e. The maximum absolute atomic E-state index is 14.9. The third-order valence-corrected chi connectivity index (χ3v) is 4.10. The molecule has 0 aliphatic rings. The minimum absolute atomic E-state index is 0.0133. The lowest BCUT2D eigenvalue weighted by atomic mass is 10.0. The van der Waals surface area contributed by atoms with Crippen LogP contribution in [0.4, 0.5) is 10.1 Å². The van der Waals surface area contributed by atoms with Gasteiger partial charge in [0.1, 0.15) is 17.2 Å². The van der Waals surface area contributed by atoms with E-state index < -0.39 is 10.7 Å². The molecule has 8 heteroatoms. The second kappa shape index (κ2) is 7.55. The molecule has 1 aromatic heterocycles. The highest BCUT2D eigenvalue weighted by Gasteiger charge is 2.22. The summed E-state index contributed by atoms with van der Waals surface area (Å²) in [5.41, 5.74) is 1.18. The lowest BCUT2D eigenvalue weighted by Gasteiger charge is -2.16. The molecule has 0 radical (unpaired) electrons. The van der Waals surface area contributed by atoms with Gasteiger partial charge in [-0.05, 0) is 29.8 Å². The Labute approximate surface area is 154 Å². The number of hydrogen-bond donors (Lipinski definition) is 0. The van der Waals surface area contributed by atoms with Crippen molar-refractivity contribution in [2.45, 2.75) is 6.61 Å². The molecular formula is C19H17FN2O5. The van der Waals surface area contributed by atoms with Gasteiger partial charge < -0.3 is 14.2 Å². The zero-order valence-electron chi connectivity index (χ0n) is 15.0. The second-order valence-corrected chi connectivity index (χ2v) is 5.73. The van der Waals surface area contributed by atoms with Crippen LogP contribution in [0.3, 0.4) is 0 Å². The molecule has 0 N–H and O–H groups in total. The predicted molar refractivity (Wildman–Crippen MR) is 97.6 cm³/mol. The van der Waals surface area contributed by atoms with Gasteiger partial charge in [0.15, 0.2) is 5.82 Å². The van der Waals surface area contributed by atoms with Crippen molar-refractivity contribution in [1.82, 2.24) is 4.98 Å². The Balaban J connectivity index is 2.29. The number of methoxy groups -OCH3 is 3. The lowest BCUT2D eigenvalue weighted by Crippen LogP contribution is -2.01. The number of halogens is 1. The first-order valence-electron chi connectivity index (χ1n) is 7.98. The zero-order valence-corrected chi connectivity index (χ0v) is 15.0. The van der Waals surface area contributed by atoms with Crippen molar-refractivity contribution in [2.75, 3.05) is 21.3 Å². The van der Waals surface area contributed by atoms with Gasteiger partial charge in [0.2, 0.25) is 0 Å². The Bertz CT molecular complexity index is 997. The van der Waals surface area contributed by atoms with Crippen LogP contribution in [0, 0.1) is 15.9 Å². The molecule has 0 bridgehead atoms. The van der Waals surface area contributed by atoms with E-state index in [2.05, 4.69) is 4.98 Å². The molecule has 0 atom stereocenters. The van der Waals surface area contributed by atoms with Gasteiger partial charge in [-0.2, -0.15) is 0 Å². The molecule has 27 heavy (non-hydrogen) atoms. The van der Waals surface area contributed by atoms with Crippen LogP contribution in [0.2, 0.25) is 0 Å². The Hall–Kier alpha value is -3.26. The maximum Gasteiger partial charge on any atom is 0.278 e. The molecule has 2 aromatic carbocycles. The summed E-state index contributed by atoms with van der Waals surface area (Å²) in [7, 11) is 4.47. The van der Waals surface area contributed by atoms with Crippen molar-refractivity contribution in [1.29, 1.82) is 0 Å². The minimum Gasteiger partial charge on any atom is -0.496 e. The summed E-state index contributed by atoms with van der Waals surface area (Å²) in [4.78, 5) is 14.9. The molecule has 1 heterocycles. The van der Waals surface area contributed by atoms with Crippen LogP contribution in [0.15, 0.2) is 36.4 Å². The molecule has 3 aromatic rings. The number of aromatic nitrogens is 1. The standard InChI is InChI=1S/C19H17FN2O5/c1-25-10-11-7-16(26-2)18(17(8-11)27-3)19-13(20)9-12-14(21-19)5-4-6-15(12)22(23)24/h4-9H,10H2,1-3H3. The van der Waals surface area contributed by atoms with Crippen LogP contribution in [-0.4, -0.2) is 31.2 Å². The Morgan fingerprint density at radius 2 is 1.78 bits per heavy atom. The zero-order chi connectivity index (χ0) is 19.6. The molecule has 0 amide bonds. The van der Waals surface area contributed by atoms with Gasteiger partial charge in [0.05, 0.1) is 42.2 Å². The van der Waals surface area contributed by atoms with Gasteiger partial charge in [-0.15, -0.1) is 0 Å². The summed E-state index contributed by atoms with van der Waals surface area (Å²) in [6.45, 7) is 0.326. The van der Waals surface area contributed by atoms with Gasteiger partial charge in [0.25, 0.3) is 5.69 Å². The molecular weight excluding hydrogens is 355 g/mol. The number of benzene rings is 2. The SMILES string of the molecule is COCc1cc(OC)c(-c2nc3cccc([N+](=O)[O-])c3cc2F)c(OC)c1. The van der Waals surface area contributed by atoms with Crippen molar-refractivity contribution >= 4 is 16.6 Å². The third kappa shape index (κ3) is 3.39. The molecule has 0 saturated carbocycles. The summed E-state index contributed by atoms with van der Waals surface area (Å²) >= 11 is 0. The largest absolute Gasteiger partial charge is 0.496 e. The Morgan fingerprint density at radius 1 is 1.11 bits per heavy atom. The number of non-ortho nitro benzene ring substituents is 1. The van der Waals surface area contributed by atoms with Gasteiger partial charge in [-0.1, -0.05) is 6.07 Å². The topological polar surface area (TPSA) is 83.7 Å². The van der Waals surface area contributed by atoms with Gasteiger partial charge in [-0.25, -0.2) is 9.37 Å². The molecule has 0 spiro atoms. The van der Waals surface area contributed by atoms with E-state index in [1.165, 1.54) is 26.4 Å². The number of ether oxygens (including phenoxy) is 3. The van der Waals surface area contributed by atoms with E-state index in [9.17, 15) is 14.5 Å². The van der Waals surface area contributed by atoms with Gasteiger partial charge in [0, 0.05) is 13.2 Å². The van der Waals surface area contributed by atoms with E-state index in [1.54, 1.807) is 25.3 Å². The fourth-order valence-electron chi connectivity index (χ4n) is 2.94. The number of rotatable bonds is 6. The number of fused-ring (bicyclic) bond motifs is 1. The Morgan fingerprint density at radius 3 is 2.33 bits per heavy atom. The molecule has 0 aliphatic heterocycles. The average Bonchev–Trinajstić information content (AvgIpc) is 2.66. The highest BCUT2D eigenvalue weighted by molar-refractivity contribution is 5.91. The fourth-order valence-corrected chi connectivity index (χ4v) is 2.94. The second-order valence-electron chi connectivity index (χ2n) is 5.73. The summed E-state index contributed by atoms with van der Waals surface area (Å²) in [5.74, 6) is 0.00283. The fraction of sp³-hybridized carbons (Fsp3) is 0.211. The molecule has 3 rings (SSSR count). The highest BCUT2D eigenvalue weighted by Crippen LogP contribution is 2.41. The molecule has 0 unspecified atom stereocenters. The summed E-state index contributed by atoms with van der Waals surface area (Å²) < 4.78 is 30.8. The first kappa shape index (κ1) is 18.5. The van der Waals surface area contributed by atoms with Crippen LogP contribution in [0.5, 0.6) is 11.5 Å². The molecule has 7 nitrogen and oxygen atoms in total. The normalized spacial score (nSPS) is 10.8. The van der Waals surface area contributed by atoms with Crippen molar-refractivity contribution in [2.24, 2.45) is 0 Å². The van der Waals surface area contributed by atoms with Crippen molar-refractivity contribution in [3.05, 3.63) is 57.9 Å². The van der Waals surface area contributed by atoms with E-state index in [1.807, 2.05) is 0 Å². The van der Waals surface area contributed by atoms with Crippen LogP contribution >= 0.6 is 0 Å². The summed E-state index contributed by atoms with van der Waals surface area (Å²) in [5, 5.41) is 11.3. The first-order valence-corrected chi connectivity index (χ1v) is 7.98. The summed E-state index contributed by atoms with van der Waals surface area (Å²) in [6, 6.07) is 8.93. The number of pyridine rings is 1. The lowest BCUT2D eigenvalue weighted by molar-refractivity contribution is -0.383. The summed E-state index contributed by atoms with van der Waals surface area (Å²) in [6.07, 6.45) is 0. The van der Waals surface area contributed by atoms with E-state index in [-0.39, 0.29) is 16.8 Å². The number of nitro groups is 1. The van der Waals surface area contributed by atoms with Crippen LogP contribution < -0.4 is 9.47 Å². The average molecular weight is 372 g/mol. The minimum atomic E-state index is -0.715. The number of nitrogens with zero attached hydrogens (tertiary/aromatic N) is 2. The third-order valence-electron chi connectivity index (χ3n) is 4.10. The Kier molecular flexibility index (Phi) is 5.18. The van der Waals surface area contributed by atoms with Crippen molar-refractivity contribution in [3.8, 4) is 22.8 Å². The van der Waals surface area contributed by atoms with Gasteiger partial charge in [-0.3, -0.25) is 10.1 Å². The van der Waals surface area contributed by atoms with E-state index >= 15 is 0 Å². The number of nitro benzene ring substituents is 1. The van der Waals surface area contributed by atoms with E-state index in [0.29, 0.717) is 29.2 Å². The predicted octanol–water partition coefficient (Wildman–Crippen LogP) is 4.11. The molecule has 0 saturated heterocycles. The first-order chi connectivity index (χ1) is 13.0. The highest BCUT2D eigenvalue weighted by atomic mass is 19.1.